The quantitative estimate of drug-likeness (QED) is 0.480. The summed E-state index contributed by atoms with van der Waals surface area (Å²) in [6.45, 7) is 8.58. The fourth-order valence-electron chi connectivity index (χ4n) is 4.78. The second-order valence-electron chi connectivity index (χ2n) is 10.3. The van der Waals surface area contributed by atoms with Crippen molar-refractivity contribution in [3.05, 3.63) is 24.7 Å². The molecule has 15 heteroatoms. The van der Waals surface area contributed by atoms with E-state index in [2.05, 4.69) is 42.4 Å². The number of alkyl halides is 2. The number of urea groups is 1. The number of likely N-dealkylation sites (N-methyl/N-ethyl adjacent to an activating group) is 1. The molecule has 0 spiro atoms. The zero-order chi connectivity index (χ0) is 29.6. The van der Waals surface area contributed by atoms with E-state index < -0.39 is 36.1 Å². The molecule has 41 heavy (non-hydrogen) atoms. The molecule has 0 aliphatic carbocycles. The maximum atomic E-state index is 15.0. The van der Waals surface area contributed by atoms with Crippen LogP contribution in [0.4, 0.5) is 36.0 Å². The Morgan fingerprint density at radius 1 is 1.07 bits per heavy atom. The van der Waals surface area contributed by atoms with Crippen LogP contribution in [0.3, 0.4) is 0 Å². The molecule has 2 aliphatic rings. The lowest BCUT2D eigenvalue weighted by Crippen LogP contribution is -2.60. The van der Waals surface area contributed by atoms with Crippen molar-refractivity contribution in [1.29, 1.82) is 0 Å². The lowest BCUT2D eigenvalue weighted by Gasteiger charge is -2.42. The molecule has 2 aromatic rings. The number of amides is 3. The molecule has 2 aromatic heterocycles. The molecule has 4 heterocycles. The van der Waals surface area contributed by atoms with Crippen LogP contribution in [-0.2, 0) is 4.74 Å². The molecule has 0 unspecified atom stereocenters. The highest BCUT2D eigenvalue weighted by Gasteiger charge is 2.48. The third-order valence-corrected chi connectivity index (χ3v) is 7.39. The summed E-state index contributed by atoms with van der Waals surface area (Å²) in [5, 5.41) is 5.11. The summed E-state index contributed by atoms with van der Waals surface area (Å²) in [6.07, 6.45) is 4.33. The van der Waals surface area contributed by atoms with Crippen LogP contribution in [-0.4, -0.2) is 106 Å². The zero-order valence-electron chi connectivity index (χ0n) is 23.8. The summed E-state index contributed by atoms with van der Waals surface area (Å²) < 4.78 is 40.9. The van der Waals surface area contributed by atoms with Crippen LogP contribution in [0.15, 0.2) is 24.7 Å². The number of rotatable bonds is 8. The highest BCUT2D eigenvalue weighted by Crippen LogP contribution is 2.33. The minimum atomic E-state index is -3.16. The van der Waals surface area contributed by atoms with Crippen LogP contribution in [0, 0.1) is 0 Å². The van der Waals surface area contributed by atoms with E-state index in [1.807, 2.05) is 6.92 Å². The van der Waals surface area contributed by atoms with E-state index in [0.717, 1.165) is 37.4 Å². The average molecular weight is 578 g/mol. The number of likely N-dealkylation sites (tertiary alicyclic amines) is 1. The molecule has 3 amide bonds. The third-order valence-electron chi connectivity index (χ3n) is 7.39. The fourth-order valence-corrected chi connectivity index (χ4v) is 4.78. The number of carbonyl (C=O) groups is 2. The second-order valence-corrected chi connectivity index (χ2v) is 10.3. The van der Waals surface area contributed by atoms with Crippen molar-refractivity contribution in [2.24, 2.45) is 0 Å². The first-order chi connectivity index (χ1) is 19.5. The van der Waals surface area contributed by atoms with Gasteiger partial charge in [-0.05, 0) is 39.3 Å². The largest absolute Gasteiger partial charge is 0.477 e. The number of nitrogens with one attached hydrogen (secondary N) is 2. The van der Waals surface area contributed by atoms with Crippen molar-refractivity contribution in [2.45, 2.75) is 57.6 Å². The van der Waals surface area contributed by atoms with Gasteiger partial charge in [-0.2, -0.15) is 4.98 Å². The number of nitrogens with zero attached hydrogens (tertiary/aromatic N) is 7. The SMILES string of the molecule is CCOc1cnc(NC(=O)N(C)[C@H]2CN(c3nccc(NC(=O)OC4(C)CCN(CC)CC4)n3)CCC2(F)F)cn1. The van der Waals surface area contributed by atoms with Gasteiger partial charge < -0.3 is 24.2 Å². The maximum Gasteiger partial charge on any atom is 0.413 e. The lowest BCUT2D eigenvalue weighted by molar-refractivity contribution is -0.0760. The molecule has 2 fully saturated rings. The van der Waals surface area contributed by atoms with Crippen LogP contribution in [0.5, 0.6) is 5.88 Å². The van der Waals surface area contributed by atoms with Gasteiger partial charge in [0, 0.05) is 45.8 Å². The van der Waals surface area contributed by atoms with Gasteiger partial charge in [0.1, 0.15) is 17.5 Å². The van der Waals surface area contributed by atoms with E-state index in [1.54, 1.807) is 11.8 Å². The first-order valence-corrected chi connectivity index (χ1v) is 13.7. The van der Waals surface area contributed by atoms with Gasteiger partial charge in [-0.15, -0.1) is 0 Å². The fraction of sp³-hybridized carbons (Fsp3) is 0.615. The summed E-state index contributed by atoms with van der Waals surface area (Å²) in [4.78, 5) is 46.9. The van der Waals surface area contributed by atoms with Gasteiger partial charge in [-0.1, -0.05) is 6.92 Å². The van der Waals surface area contributed by atoms with E-state index in [9.17, 15) is 18.4 Å². The summed E-state index contributed by atoms with van der Waals surface area (Å²) in [7, 11) is 1.29. The molecule has 0 saturated carbocycles. The van der Waals surface area contributed by atoms with Crippen LogP contribution < -0.4 is 20.3 Å². The summed E-state index contributed by atoms with van der Waals surface area (Å²) in [6, 6.07) is -0.751. The Hall–Kier alpha value is -3.88. The van der Waals surface area contributed by atoms with Crippen molar-refractivity contribution in [3.63, 3.8) is 0 Å². The molecule has 0 bridgehead atoms. The number of ether oxygens (including phenoxy) is 2. The number of carbonyl (C=O) groups excluding carboxylic acids is 2. The predicted octanol–water partition coefficient (Wildman–Crippen LogP) is 3.47. The molecule has 0 radical (unpaired) electrons. The first kappa shape index (κ1) is 30.1. The number of piperidine rings is 2. The van der Waals surface area contributed by atoms with Crippen molar-refractivity contribution in [3.8, 4) is 5.88 Å². The number of hydrogen-bond donors (Lipinski definition) is 2. The summed E-state index contributed by atoms with van der Waals surface area (Å²) in [5.74, 6) is -2.44. The molecule has 13 nitrogen and oxygen atoms in total. The molecule has 4 rings (SSSR count). The molecule has 0 aromatic carbocycles. The Bertz CT molecular complexity index is 1200. The van der Waals surface area contributed by atoms with E-state index in [1.165, 1.54) is 31.7 Å². The van der Waals surface area contributed by atoms with Crippen molar-refractivity contribution in [2.75, 3.05) is 61.9 Å². The number of hydrogen-bond acceptors (Lipinski definition) is 10. The van der Waals surface area contributed by atoms with Gasteiger partial charge >= 0.3 is 12.1 Å². The monoisotopic (exact) mass is 577 g/mol. The second kappa shape index (κ2) is 12.7. The molecular weight excluding hydrogens is 540 g/mol. The average Bonchev–Trinajstić information content (AvgIpc) is 2.94. The molecule has 224 valence electrons. The van der Waals surface area contributed by atoms with Crippen molar-refractivity contribution >= 4 is 29.7 Å². The Morgan fingerprint density at radius 2 is 1.83 bits per heavy atom. The lowest BCUT2D eigenvalue weighted by atomic mass is 9.93. The minimum Gasteiger partial charge on any atom is -0.477 e. The molecule has 2 aliphatic heterocycles. The summed E-state index contributed by atoms with van der Waals surface area (Å²) in [5.41, 5.74) is -0.584. The number of anilines is 3. The third kappa shape index (κ3) is 7.65. The maximum absolute atomic E-state index is 15.0. The molecular formula is C26H37F2N9O4. The number of aromatic nitrogens is 4. The molecule has 2 N–H and O–H groups in total. The van der Waals surface area contributed by atoms with Gasteiger partial charge in [-0.3, -0.25) is 10.6 Å². The van der Waals surface area contributed by atoms with Crippen LogP contribution in [0.25, 0.3) is 0 Å². The van der Waals surface area contributed by atoms with Gasteiger partial charge in [0.25, 0.3) is 5.92 Å². The standard InChI is InChI=1S/C26H37F2N9O4/c1-5-36-12-8-25(3,9-13-36)41-24(39)34-19-7-11-29-22(32-19)37-14-10-26(27,28)18(17-37)35(4)23(38)33-20-15-31-21(16-30-20)40-6-2/h7,11,15-16,18H,5-6,8-10,12-14,17H2,1-4H3,(H,30,33,38)(H,29,32,34,39)/t18-/m0/s1. The topological polar surface area (TPSA) is 138 Å². The molecule has 1 atom stereocenters. The van der Waals surface area contributed by atoms with E-state index in [4.69, 9.17) is 9.47 Å². The Morgan fingerprint density at radius 3 is 2.49 bits per heavy atom. The normalized spacial score (nSPS) is 20.1. The Balaban J connectivity index is 1.38. The highest BCUT2D eigenvalue weighted by molar-refractivity contribution is 5.88. The predicted molar refractivity (Wildman–Crippen MR) is 147 cm³/mol. The van der Waals surface area contributed by atoms with Crippen molar-refractivity contribution in [1.82, 2.24) is 29.7 Å². The van der Waals surface area contributed by atoms with E-state index in [0.29, 0.717) is 6.61 Å². The Kier molecular flexibility index (Phi) is 9.35. The van der Waals surface area contributed by atoms with Gasteiger partial charge in [-0.25, -0.2) is 33.3 Å². The van der Waals surface area contributed by atoms with E-state index in [-0.39, 0.29) is 36.6 Å². The zero-order valence-corrected chi connectivity index (χ0v) is 23.8. The first-order valence-electron chi connectivity index (χ1n) is 13.7. The van der Waals surface area contributed by atoms with Gasteiger partial charge in [0.05, 0.1) is 19.0 Å². The van der Waals surface area contributed by atoms with Gasteiger partial charge in [0.2, 0.25) is 11.8 Å². The van der Waals surface area contributed by atoms with Crippen LogP contribution >= 0.6 is 0 Å². The Labute approximate surface area is 237 Å². The van der Waals surface area contributed by atoms with Crippen LogP contribution in [0.1, 0.15) is 40.0 Å². The van der Waals surface area contributed by atoms with Crippen molar-refractivity contribution < 1.29 is 27.8 Å². The highest BCUT2D eigenvalue weighted by atomic mass is 19.3. The van der Waals surface area contributed by atoms with Gasteiger partial charge in [0.15, 0.2) is 5.82 Å². The smallest absolute Gasteiger partial charge is 0.413 e. The molecule has 2 saturated heterocycles. The van der Waals surface area contributed by atoms with E-state index >= 15 is 0 Å². The van der Waals surface area contributed by atoms with Crippen LogP contribution in [0.2, 0.25) is 0 Å². The number of halogens is 2. The summed E-state index contributed by atoms with van der Waals surface area (Å²) >= 11 is 0. The minimum absolute atomic E-state index is 0.0385.